The third-order valence-electron chi connectivity index (χ3n) is 9.94. The van der Waals surface area contributed by atoms with E-state index in [1.54, 1.807) is 0 Å². The van der Waals surface area contributed by atoms with Crippen LogP contribution in [0.4, 0.5) is 0 Å². The molecule has 2 aliphatic carbocycles. The van der Waals surface area contributed by atoms with Crippen LogP contribution in [0.25, 0.3) is 22.3 Å². The lowest BCUT2D eigenvalue weighted by atomic mass is 9.98. The Morgan fingerprint density at radius 2 is 1.16 bits per heavy atom. The van der Waals surface area contributed by atoms with Crippen molar-refractivity contribution in [1.29, 1.82) is 0 Å². The van der Waals surface area contributed by atoms with Crippen LogP contribution in [0.1, 0.15) is 73.6 Å². The van der Waals surface area contributed by atoms with Crippen LogP contribution in [0, 0.1) is 0 Å². The highest BCUT2D eigenvalue weighted by molar-refractivity contribution is 5.86. The molecule has 3 atom stereocenters. The summed E-state index contributed by atoms with van der Waals surface area (Å²) in [5.74, 6) is -1.59. The molecule has 3 unspecified atom stereocenters. The van der Waals surface area contributed by atoms with E-state index in [1.165, 1.54) is 17.2 Å². The number of ether oxygens (including phenoxy) is 3. The molecule has 4 aromatic rings. The Kier molecular flexibility index (Phi) is 15.7. The van der Waals surface area contributed by atoms with Gasteiger partial charge in [-0.3, -0.25) is 19.6 Å². The zero-order valence-corrected chi connectivity index (χ0v) is 32.8. The number of nitrogens with zero attached hydrogens (tertiary/aromatic N) is 2. The second kappa shape index (κ2) is 21.3. The maximum atomic E-state index is 12.5. The molecule has 0 fully saturated rings. The third-order valence-corrected chi connectivity index (χ3v) is 9.94. The number of carbonyl (C=O) groups is 3. The smallest absolute Gasteiger partial charge is 0.325 e. The number of amides is 1. The molecule has 12 nitrogen and oxygen atoms in total. The van der Waals surface area contributed by atoms with Crippen molar-refractivity contribution in [2.75, 3.05) is 26.4 Å². The molecule has 0 aliphatic heterocycles. The molecular weight excluding hydrogens is 739 g/mol. The van der Waals surface area contributed by atoms with Gasteiger partial charge in [-0.2, -0.15) is 0 Å². The Hall–Kier alpha value is -6.27. The van der Waals surface area contributed by atoms with Crippen molar-refractivity contribution in [1.82, 2.24) is 5.32 Å². The number of nitrogens with one attached hydrogen (secondary N) is 1. The normalized spacial score (nSPS) is 14.6. The second-order valence-corrected chi connectivity index (χ2v) is 13.8. The number of fused-ring (bicyclic) bond motifs is 6. The minimum absolute atomic E-state index is 0.0115. The van der Waals surface area contributed by atoms with E-state index in [0.29, 0.717) is 25.5 Å². The summed E-state index contributed by atoms with van der Waals surface area (Å²) in [5, 5.41) is 37.1. The summed E-state index contributed by atoms with van der Waals surface area (Å²) in [6.45, 7) is 7.15. The lowest BCUT2D eigenvalue weighted by molar-refractivity contribution is -0.252. The number of aliphatic imine (C=N–C) groups is 2. The molecule has 0 aromatic heterocycles. The Morgan fingerprint density at radius 1 is 0.724 bits per heavy atom. The Balaban J connectivity index is 0.000000234. The third kappa shape index (κ3) is 10.8. The van der Waals surface area contributed by atoms with Gasteiger partial charge in [-0.05, 0) is 57.3 Å². The standard InChI is InChI=1S/C26H30N2O6.C20H21NO3/c1-3-9-22(24(30)25(31)27-15-23(29)33-14-4-2)28-26(32)34-16-21-19-12-7-5-10-17(19)18-11-6-8-13-20(18)21;1-2-7-14(12-22)21-20(23)24-13-19-17-10-5-3-8-15(17)16-9-4-6-11-18(16)19/h4-8,10-13,21-22,24,30H,2-3,9,14-16H2,1H3,(H,27,31)(H,28,32);3-6,8-12,14,19H,2,7,13H2,1H3,(H,21,23)/p-2. The molecule has 6 rings (SSSR count). The SMILES string of the molecule is C=CCOC(=O)CNC(=O)C(O)C(CCC)N=C([O-])OCC1c2ccccc2-c2ccccc21.CCCC(C=O)N=C([O-])OCC1c2ccccc2-c2ccccc21. The van der Waals surface area contributed by atoms with Gasteiger partial charge in [0.1, 0.15) is 37.6 Å². The van der Waals surface area contributed by atoms with Gasteiger partial charge in [0.2, 0.25) is 0 Å². The van der Waals surface area contributed by atoms with E-state index >= 15 is 0 Å². The van der Waals surface area contributed by atoms with Crippen molar-refractivity contribution in [3.8, 4) is 22.3 Å². The Bertz CT molecular complexity index is 2010. The van der Waals surface area contributed by atoms with Crippen LogP contribution in [0.2, 0.25) is 0 Å². The zero-order chi connectivity index (χ0) is 41.4. The molecule has 304 valence electrons. The minimum atomic E-state index is -1.60. The molecule has 0 spiro atoms. The van der Waals surface area contributed by atoms with Gasteiger partial charge >= 0.3 is 5.97 Å². The highest BCUT2D eigenvalue weighted by Gasteiger charge is 2.29. The minimum Gasteiger partial charge on any atom is -0.599 e. The number of hydrogen-bond donors (Lipinski definition) is 2. The molecular formula is C46H49N3O9-2. The van der Waals surface area contributed by atoms with Crippen molar-refractivity contribution < 1.29 is 43.9 Å². The molecule has 0 bridgehead atoms. The number of aliphatic hydroxyl groups is 1. The lowest BCUT2D eigenvalue weighted by Crippen LogP contribution is -2.44. The molecule has 58 heavy (non-hydrogen) atoms. The largest absolute Gasteiger partial charge is 0.599 e. The van der Waals surface area contributed by atoms with Gasteiger partial charge in [-0.25, -0.2) is 0 Å². The van der Waals surface area contributed by atoms with Crippen LogP contribution in [-0.2, 0) is 28.6 Å². The van der Waals surface area contributed by atoms with E-state index in [9.17, 15) is 29.7 Å². The number of aldehydes is 1. The topological polar surface area (TPSA) is 182 Å². The van der Waals surface area contributed by atoms with Crippen molar-refractivity contribution >= 4 is 30.3 Å². The number of esters is 1. The summed E-state index contributed by atoms with van der Waals surface area (Å²) in [4.78, 5) is 42.5. The van der Waals surface area contributed by atoms with Gasteiger partial charge in [0.05, 0.1) is 6.04 Å². The summed E-state index contributed by atoms with van der Waals surface area (Å²) < 4.78 is 15.6. The summed E-state index contributed by atoms with van der Waals surface area (Å²) in [7, 11) is 0. The quantitative estimate of drug-likeness (QED) is 0.0499. The highest BCUT2D eigenvalue weighted by Crippen LogP contribution is 2.45. The predicted molar refractivity (Wildman–Crippen MR) is 218 cm³/mol. The first-order valence-corrected chi connectivity index (χ1v) is 19.5. The Labute approximate surface area is 338 Å². The van der Waals surface area contributed by atoms with E-state index in [1.807, 2.05) is 86.6 Å². The fourth-order valence-electron chi connectivity index (χ4n) is 7.22. The first-order valence-electron chi connectivity index (χ1n) is 19.5. The average Bonchev–Trinajstić information content (AvgIpc) is 3.75. The van der Waals surface area contributed by atoms with Gasteiger partial charge in [-0.15, -0.1) is 0 Å². The monoisotopic (exact) mass is 787 g/mol. The summed E-state index contributed by atoms with van der Waals surface area (Å²) in [6, 6.07) is 30.7. The van der Waals surface area contributed by atoms with Gasteiger partial charge in [0.25, 0.3) is 5.91 Å². The van der Waals surface area contributed by atoms with Crippen LogP contribution in [0.3, 0.4) is 0 Å². The molecule has 1 amide bonds. The molecule has 12 heteroatoms. The van der Waals surface area contributed by atoms with Crippen LogP contribution in [-0.4, -0.2) is 80.0 Å². The van der Waals surface area contributed by atoms with E-state index in [0.717, 1.165) is 39.8 Å². The van der Waals surface area contributed by atoms with E-state index in [2.05, 4.69) is 46.1 Å². The van der Waals surface area contributed by atoms with E-state index in [-0.39, 0.29) is 31.7 Å². The number of benzene rings is 4. The fraction of sp³-hybridized carbons (Fsp3) is 0.326. The number of aliphatic hydroxyl groups excluding tert-OH is 1. The first-order chi connectivity index (χ1) is 28.2. The van der Waals surface area contributed by atoms with Crippen molar-refractivity contribution in [3.05, 3.63) is 132 Å². The highest BCUT2D eigenvalue weighted by atomic mass is 16.6. The number of rotatable bonds is 17. The van der Waals surface area contributed by atoms with Crippen LogP contribution >= 0.6 is 0 Å². The van der Waals surface area contributed by atoms with E-state index in [4.69, 9.17) is 14.2 Å². The molecule has 2 N–H and O–H groups in total. The molecule has 0 saturated heterocycles. The molecule has 0 saturated carbocycles. The number of hydrogen-bond acceptors (Lipinski definition) is 11. The van der Waals surface area contributed by atoms with Crippen molar-refractivity contribution in [3.63, 3.8) is 0 Å². The Morgan fingerprint density at radius 3 is 1.57 bits per heavy atom. The van der Waals surface area contributed by atoms with Crippen molar-refractivity contribution in [2.24, 2.45) is 9.98 Å². The van der Waals surface area contributed by atoms with Crippen LogP contribution in [0.15, 0.2) is 120 Å². The molecule has 2 aliphatic rings. The maximum Gasteiger partial charge on any atom is 0.325 e. The second-order valence-electron chi connectivity index (χ2n) is 13.8. The summed E-state index contributed by atoms with van der Waals surface area (Å²) >= 11 is 0. The predicted octanol–water partition coefficient (Wildman–Crippen LogP) is 4.81. The van der Waals surface area contributed by atoms with E-state index < -0.39 is 48.8 Å². The van der Waals surface area contributed by atoms with Gasteiger partial charge in [-0.1, -0.05) is 136 Å². The van der Waals surface area contributed by atoms with Crippen molar-refractivity contribution in [2.45, 2.75) is 69.6 Å². The van der Waals surface area contributed by atoms with Gasteiger partial charge < -0.3 is 39.6 Å². The van der Waals surface area contributed by atoms with Crippen LogP contribution < -0.4 is 15.5 Å². The fourth-order valence-corrected chi connectivity index (χ4v) is 7.22. The maximum absolute atomic E-state index is 12.5. The summed E-state index contributed by atoms with van der Waals surface area (Å²) in [6.07, 6.45) is 1.21. The van der Waals surface area contributed by atoms with Crippen LogP contribution in [0.5, 0.6) is 0 Å². The lowest BCUT2D eigenvalue weighted by Gasteiger charge is -2.24. The van der Waals surface area contributed by atoms with Gasteiger partial charge in [0.15, 0.2) is 6.10 Å². The zero-order valence-electron chi connectivity index (χ0n) is 32.8. The summed E-state index contributed by atoms with van der Waals surface area (Å²) in [5.41, 5.74) is 9.05. The average molecular weight is 788 g/mol. The molecule has 0 radical (unpaired) electrons. The molecule has 4 aromatic carbocycles. The first kappa shape index (κ1) is 42.9. The molecule has 0 heterocycles. The number of carbonyl (C=O) groups excluding carboxylic acids is 3. The van der Waals surface area contributed by atoms with Gasteiger partial charge in [0, 0.05) is 25.0 Å².